The minimum absolute atomic E-state index is 0.143. The molecule has 3 rings (SSSR count). The molecule has 0 unspecified atom stereocenters. The van der Waals surface area contributed by atoms with E-state index in [1.54, 1.807) is 19.2 Å². The summed E-state index contributed by atoms with van der Waals surface area (Å²) in [5, 5.41) is 11.7. The SMILES string of the molecule is CN=C(NCCc1nnc2ccccn12)N(C)Cc1ccc(OC(F)F)cc1. The maximum atomic E-state index is 12.2. The van der Waals surface area contributed by atoms with Gasteiger partial charge in [-0.15, -0.1) is 10.2 Å². The van der Waals surface area contributed by atoms with Crippen LogP contribution < -0.4 is 10.1 Å². The van der Waals surface area contributed by atoms with E-state index in [0.717, 1.165) is 23.0 Å². The van der Waals surface area contributed by atoms with Crippen LogP contribution in [0, 0.1) is 0 Å². The lowest BCUT2D eigenvalue weighted by atomic mass is 10.2. The number of guanidine groups is 1. The molecule has 0 amide bonds. The predicted molar refractivity (Wildman–Crippen MR) is 103 cm³/mol. The molecule has 0 bridgehead atoms. The lowest BCUT2D eigenvalue weighted by Gasteiger charge is -2.22. The van der Waals surface area contributed by atoms with Gasteiger partial charge in [0.1, 0.15) is 11.6 Å². The minimum Gasteiger partial charge on any atom is -0.435 e. The molecule has 1 N–H and O–H groups in total. The van der Waals surface area contributed by atoms with Crippen molar-refractivity contribution < 1.29 is 13.5 Å². The lowest BCUT2D eigenvalue weighted by molar-refractivity contribution is -0.0498. The topological polar surface area (TPSA) is 67.0 Å². The Balaban J connectivity index is 1.53. The van der Waals surface area contributed by atoms with Gasteiger partial charge in [0, 0.05) is 39.8 Å². The molecule has 0 saturated carbocycles. The molecule has 0 radical (unpaired) electrons. The van der Waals surface area contributed by atoms with Gasteiger partial charge in [0.2, 0.25) is 0 Å². The highest BCUT2D eigenvalue weighted by Gasteiger charge is 2.09. The molecule has 2 heterocycles. The van der Waals surface area contributed by atoms with E-state index < -0.39 is 6.61 Å². The first-order valence-corrected chi connectivity index (χ1v) is 8.81. The third-order valence-corrected chi connectivity index (χ3v) is 4.16. The Kier molecular flexibility index (Phi) is 6.36. The van der Waals surface area contributed by atoms with Crippen molar-refractivity contribution in [2.75, 3.05) is 20.6 Å². The van der Waals surface area contributed by atoms with Gasteiger partial charge in [0.05, 0.1) is 0 Å². The van der Waals surface area contributed by atoms with Crippen molar-refractivity contribution in [1.82, 2.24) is 24.8 Å². The van der Waals surface area contributed by atoms with Crippen LogP contribution in [-0.2, 0) is 13.0 Å². The number of nitrogens with zero attached hydrogens (tertiary/aromatic N) is 5. The molecule has 2 aromatic heterocycles. The highest BCUT2D eigenvalue weighted by atomic mass is 19.3. The molecule has 1 aromatic carbocycles. The highest BCUT2D eigenvalue weighted by Crippen LogP contribution is 2.15. The number of alkyl halides is 2. The number of benzene rings is 1. The van der Waals surface area contributed by atoms with Gasteiger partial charge >= 0.3 is 6.61 Å². The summed E-state index contributed by atoms with van der Waals surface area (Å²) in [6.45, 7) is -1.60. The largest absolute Gasteiger partial charge is 0.435 e. The van der Waals surface area contributed by atoms with E-state index in [9.17, 15) is 8.78 Å². The fourth-order valence-corrected chi connectivity index (χ4v) is 2.86. The average Bonchev–Trinajstić information content (AvgIpc) is 3.09. The van der Waals surface area contributed by atoms with Gasteiger partial charge < -0.3 is 15.0 Å². The lowest BCUT2D eigenvalue weighted by Crippen LogP contribution is -2.39. The molecular formula is C19H22F2N6O. The number of fused-ring (bicyclic) bond motifs is 1. The van der Waals surface area contributed by atoms with Gasteiger partial charge in [0.25, 0.3) is 0 Å². The number of nitrogens with one attached hydrogen (secondary N) is 1. The van der Waals surface area contributed by atoms with Gasteiger partial charge in [-0.25, -0.2) is 0 Å². The number of aromatic nitrogens is 3. The van der Waals surface area contributed by atoms with Crippen LogP contribution in [0.25, 0.3) is 5.65 Å². The van der Waals surface area contributed by atoms with E-state index in [-0.39, 0.29) is 5.75 Å². The molecule has 3 aromatic rings. The van der Waals surface area contributed by atoms with Crippen molar-refractivity contribution in [2.45, 2.75) is 19.6 Å². The second-order valence-electron chi connectivity index (χ2n) is 6.15. The minimum atomic E-state index is -2.82. The molecule has 0 saturated heterocycles. The number of hydrogen-bond donors (Lipinski definition) is 1. The second-order valence-corrected chi connectivity index (χ2v) is 6.15. The Morgan fingerprint density at radius 3 is 2.71 bits per heavy atom. The first kappa shape index (κ1) is 19.5. The smallest absolute Gasteiger partial charge is 0.387 e. The molecule has 0 fully saturated rings. The van der Waals surface area contributed by atoms with E-state index in [1.165, 1.54) is 12.1 Å². The Morgan fingerprint density at radius 2 is 2.00 bits per heavy atom. The number of hydrogen-bond acceptors (Lipinski definition) is 4. The van der Waals surface area contributed by atoms with Crippen molar-refractivity contribution in [2.24, 2.45) is 4.99 Å². The Bertz CT molecular complexity index is 926. The van der Waals surface area contributed by atoms with Gasteiger partial charge in [-0.1, -0.05) is 18.2 Å². The molecule has 0 aliphatic heterocycles. The van der Waals surface area contributed by atoms with Gasteiger partial charge in [-0.05, 0) is 29.8 Å². The summed E-state index contributed by atoms with van der Waals surface area (Å²) < 4.78 is 30.8. The summed E-state index contributed by atoms with van der Waals surface area (Å²) >= 11 is 0. The maximum absolute atomic E-state index is 12.2. The van der Waals surface area contributed by atoms with E-state index in [2.05, 4.69) is 25.2 Å². The monoisotopic (exact) mass is 388 g/mol. The predicted octanol–water partition coefficient (Wildman–Crippen LogP) is 2.58. The number of aliphatic imine (C=N–C) groups is 1. The standard InChI is InChI=1S/C19H22F2N6O/c1-22-19(23-11-10-17-25-24-16-5-3-4-12-27(16)17)26(2)13-14-6-8-15(9-7-14)28-18(20)21/h3-9,12,18H,10-11,13H2,1-2H3,(H,22,23). The summed E-state index contributed by atoms with van der Waals surface area (Å²) in [4.78, 5) is 6.24. The zero-order chi connectivity index (χ0) is 19.9. The fourth-order valence-electron chi connectivity index (χ4n) is 2.86. The number of rotatable bonds is 7. The normalized spacial score (nSPS) is 11.8. The third kappa shape index (κ3) is 4.93. The average molecular weight is 388 g/mol. The third-order valence-electron chi connectivity index (χ3n) is 4.16. The highest BCUT2D eigenvalue weighted by molar-refractivity contribution is 5.79. The van der Waals surface area contributed by atoms with E-state index in [1.807, 2.05) is 40.7 Å². The van der Waals surface area contributed by atoms with Crippen molar-refractivity contribution in [3.8, 4) is 5.75 Å². The van der Waals surface area contributed by atoms with Gasteiger partial charge in [0.15, 0.2) is 11.6 Å². The molecule has 0 aliphatic carbocycles. The van der Waals surface area contributed by atoms with Crippen molar-refractivity contribution in [3.05, 3.63) is 60.0 Å². The quantitative estimate of drug-likeness (QED) is 0.498. The van der Waals surface area contributed by atoms with E-state index in [4.69, 9.17) is 0 Å². The maximum Gasteiger partial charge on any atom is 0.387 e. The van der Waals surface area contributed by atoms with Crippen LogP contribution in [0.15, 0.2) is 53.7 Å². The first-order chi connectivity index (χ1) is 13.6. The number of ether oxygens (including phenoxy) is 1. The number of halogens is 2. The fraction of sp³-hybridized carbons (Fsp3) is 0.316. The van der Waals surface area contributed by atoms with Crippen molar-refractivity contribution >= 4 is 11.6 Å². The zero-order valence-corrected chi connectivity index (χ0v) is 15.7. The summed E-state index contributed by atoms with van der Waals surface area (Å²) in [5.41, 5.74) is 1.77. The van der Waals surface area contributed by atoms with Crippen LogP contribution >= 0.6 is 0 Å². The Hall–Kier alpha value is -3.23. The molecule has 28 heavy (non-hydrogen) atoms. The van der Waals surface area contributed by atoms with Crippen LogP contribution in [0.3, 0.4) is 0 Å². The molecule has 9 heteroatoms. The Labute approximate surface area is 161 Å². The molecule has 0 aliphatic rings. The van der Waals surface area contributed by atoms with E-state index >= 15 is 0 Å². The molecular weight excluding hydrogens is 366 g/mol. The van der Waals surface area contributed by atoms with Crippen LogP contribution in [0.2, 0.25) is 0 Å². The van der Waals surface area contributed by atoms with Gasteiger partial charge in [-0.3, -0.25) is 9.39 Å². The molecule has 7 nitrogen and oxygen atoms in total. The summed E-state index contributed by atoms with van der Waals surface area (Å²) in [6, 6.07) is 12.3. The summed E-state index contributed by atoms with van der Waals surface area (Å²) in [5.74, 6) is 1.74. The Morgan fingerprint density at radius 1 is 1.21 bits per heavy atom. The van der Waals surface area contributed by atoms with Crippen LogP contribution in [0.5, 0.6) is 5.75 Å². The van der Waals surface area contributed by atoms with Gasteiger partial charge in [-0.2, -0.15) is 8.78 Å². The molecule has 0 atom stereocenters. The first-order valence-electron chi connectivity index (χ1n) is 8.81. The summed E-state index contributed by atoms with van der Waals surface area (Å²) in [7, 11) is 3.62. The van der Waals surface area contributed by atoms with Crippen LogP contribution in [0.4, 0.5) is 8.78 Å². The second kappa shape index (κ2) is 9.12. The molecule has 0 spiro atoms. The van der Waals surface area contributed by atoms with Crippen LogP contribution in [-0.4, -0.2) is 52.7 Å². The van der Waals surface area contributed by atoms with Crippen LogP contribution in [0.1, 0.15) is 11.4 Å². The zero-order valence-electron chi connectivity index (χ0n) is 15.7. The summed E-state index contributed by atoms with van der Waals surface area (Å²) in [6.07, 6.45) is 2.63. The van der Waals surface area contributed by atoms with Crippen molar-refractivity contribution in [1.29, 1.82) is 0 Å². The number of pyridine rings is 1. The van der Waals surface area contributed by atoms with Crippen molar-refractivity contribution in [3.63, 3.8) is 0 Å². The van der Waals surface area contributed by atoms with E-state index in [0.29, 0.717) is 19.5 Å². The molecule has 148 valence electrons.